The van der Waals surface area contributed by atoms with Crippen molar-refractivity contribution in [3.05, 3.63) is 72.8 Å². The monoisotopic (exact) mass is 206 g/mol. The van der Waals surface area contributed by atoms with Gasteiger partial charge in [-0.25, -0.2) is 0 Å². The van der Waals surface area contributed by atoms with Crippen molar-refractivity contribution in [2.24, 2.45) is 0 Å². The molecule has 16 heavy (non-hydrogen) atoms. The van der Waals surface area contributed by atoms with Crippen molar-refractivity contribution in [2.45, 2.75) is 0 Å². The molecule has 0 fully saturated rings. The molecule has 0 nitrogen and oxygen atoms in total. The first kappa shape index (κ1) is 10.4. The standard InChI is InChI=1S/C16H14/c1-3-13-9-11-15(12-10-13)16-8-6-5-7-14(16)4-2/h3-12H,1-2H2. The van der Waals surface area contributed by atoms with Gasteiger partial charge in [-0.3, -0.25) is 0 Å². The summed E-state index contributed by atoms with van der Waals surface area (Å²) in [6.45, 7) is 7.59. The Bertz CT molecular complexity index is 504. The molecule has 0 aliphatic rings. The van der Waals surface area contributed by atoms with E-state index in [1.165, 1.54) is 11.1 Å². The van der Waals surface area contributed by atoms with Crippen LogP contribution in [-0.2, 0) is 0 Å². The third-order valence-electron chi connectivity index (χ3n) is 2.64. The van der Waals surface area contributed by atoms with Gasteiger partial charge in [0.15, 0.2) is 0 Å². The Labute approximate surface area is 96.6 Å². The average molecular weight is 206 g/mol. The van der Waals surface area contributed by atoms with E-state index in [0.717, 1.165) is 11.1 Å². The van der Waals surface area contributed by atoms with Gasteiger partial charge in [-0.2, -0.15) is 0 Å². The first-order valence-corrected chi connectivity index (χ1v) is 5.29. The molecular formula is C16H14. The highest BCUT2D eigenvalue weighted by Gasteiger charge is 2.00. The third kappa shape index (κ3) is 1.96. The van der Waals surface area contributed by atoms with Crippen molar-refractivity contribution in [1.29, 1.82) is 0 Å². The van der Waals surface area contributed by atoms with Crippen LogP contribution < -0.4 is 0 Å². The maximum absolute atomic E-state index is 3.83. The molecule has 0 saturated carbocycles. The van der Waals surface area contributed by atoms with Crippen LogP contribution in [0.4, 0.5) is 0 Å². The predicted molar refractivity (Wildman–Crippen MR) is 72.1 cm³/mol. The molecule has 0 radical (unpaired) electrons. The van der Waals surface area contributed by atoms with Gasteiger partial charge in [0.05, 0.1) is 0 Å². The van der Waals surface area contributed by atoms with E-state index in [1.54, 1.807) is 0 Å². The second kappa shape index (κ2) is 4.63. The summed E-state index contributed by atoms with van der Waals surface area (Å²) < 4.78 is 0. The van der Waals surface area contributed by atoms with E-state index in [4.69, 9.17) is 0 Å². The van der Waals surface area contributed by atoms with Gasteiger partial charge in [0.2, 0.25) is 0 Å². The normalized spacial score (nSPS) is 9.75. The van der Waals surface area contributed by atoms with Gasteiger partial charge in [-0.05, 0) is 22.3 Å². The summed E-state index contributed by atoms with van der Waals surface area (Å²) in [5.41, 5.74) is 4.72. The molecule has 0 aliphatic heterocycles. The van der Waals surface area contributed by atoms with E-state index in [9.17, 15) is 0 Å². The lowest BCUT2D eigenvalue weighted by molar-refractivity contribution is 1.58. The Hall–Kier alpha value is -2.08. The zero-order valence-corrected chi connectivity index (χ0v) is 9.19. The largest absolute Gasteiger partial charge is 0.0985 e. The maximum Gasteiger partial charge on any atom is -0.0112 e. The minimum atomic E-state index is 1.14. The van der Waals surface area contributed by atoms with Crippen LogP contribution in [0.3, 0.4) is 0 Å². The van der Waals surface area contributed by atoms with Crippen molar-refractivity contribution in [1.82, 2.24) is 0 Å². The minimum Gasteiger partial charge on any atom is -0.0985 e. The number of rotatable bonds is 3. The van der Waals surface area contributed by atoms with Gasteiger partial charge < -0.3 is 0 Å². The van der Waals surface area contributed by atoms with Crippen LogP contribution >= 0.6 is 0 Å². The zero-order chi connectivity index (χ0) is 11.4. The van der Waals surface area contributed by atoms with Crippen molar-refractivity contribution in [3.8, 4) is 11.1 Å². The lowest BCUT2D eigenvalue weighted by Crippen LogP contribution is -1.82. The smallest absolute Gasteiger partial charge is 0.0112 e. The fraction of sp³-hybridized carbons (Fsp3) is 0. The fourth-order valence-corrected chi connectivity index (χ4v) is 1.74. The molecule has 0 heterocycles. The molecule has 2 aromatic rings. The Morgan fingerprint density at radius 1 is 0.750 bits per heavy atom. The van der Waals surface area contributed by atoms with E-state index in [0.29, 0.717) is 0 Å². The molecule has 78 valence electrons. The number of hydrogen-bond acceptors (Lipinski definition) is 0. The number of hydrogen-bond donors (Lipinski definition) is 0. The van der Waals surface area contributed by atoms with Crippen LogP contribution in [0.2, 0.25) is 0 Å². The van der Waals surface area contributed by atoms with Crippen LogP contribution in [0.25, 0.3) is 23.3 Å². The van der Waals surface area contributed by atoms with Crippen LogP contribution in [-0.4, -0.2) is 0 Å². The Kier molecular flexibility index (Phi) is 3.02. The summed E-state index contributed by atoms with van der Waals surface area (Å²) in [5, 5.41) is 0. The van der Waals surface area contributed by atoms with Crippen molar-refractivity contribution < 1.29 is 0 Å². The van der Waals surface area contributed by atoms with Gasteiger partial charge in [0.25, 0.3) is 0 Å². The minimum absolute atomic E-state index is 1.14. The molecule has 2 rings (SSSR count). The highest BCUT2D eigenvalue weighted by molar-refractivity contribution is 5.75. The molecule has 0 atom stereocenters. The summed E-state index contributed by atoms with van der Waals surface area (Å²) in [5.74, 6) is 0. The molecule has 0 aliphatic carbocycles. The van der Waals surface area contributed by atoms with Gasteiger partial charge >= 0.3 is 0 Å². The van der Waals surface area contributed by atoms with Crippen LogP contribution in [0.1, 0.15) is 11.1 Å². The van der Waals surface area contributed by atoms with E-state index in [1.807, 2.05) is 24.3 Å². The molecule has 0 bridgehead atoms. The van der Waals surface area contributed by atoms with Gasteiger partial charge in [-0.1, -0.05) is 73.8 Å². The maximum atomic E-state index is 3.83. The fourth-order valence-electron chi connectivity index (χ4n) is 1.74. The average Bonchev–Trinajstić information content (AvgIpc) is 2.39. The first-order chi connectivity index (χ1) is 7.85. The molecule has 0 N–H and O–H groups in total. The van der Waals surface area contributed by atoms with Crippen LogP contribution in [0, 0.1) is 0 Å². The third-order valence-corrected chi connectivity index (χ3v) is 2.64. The van der Waals surface area contributed by atoms with E-state index in [2.05, 4.69) is 49.6 Å². The molecule has 0 aromatic heterocycles. The Morgan fingerprint density at radius 2 is 1.44 bits per heavy atom. The summed E-state index contributed by atoms with van der Waals surface area (Å²) in [6, 6.07) is 16.6. The highest BCUT2D eigenvalue weighted by Crippen LogP contribution is 2.24. The molecule has 2 aromatic carbocycles. The first-order valence-electron chi connectivity index (χ1n) is 5.29. The molecule has 0 saturated heterocycles. The highest BCUT2D eigenvalue weighted by atomic mass is 14.0. The Balaban J connectivity index is 2.49. The summed E-state index contributed by atoms with van der Waals surface area (Å²) >= 11 is 0. The van der Waals surface area contributed by atoms with Gasteiger partial charge in [-0.15, -0.1) is 0 Å². The molecule has 0 unspecified atom stereocenters. The van der Waals surface area contributed by atoms with Crippen LogP contribution in [0.15, 0.2) is 61.7 Å². The van der Waals surface area contributed by atoms with Crippen molar-refractivity contribution in [3.63, 3.8) is 0 Å². The second-order valence-corrected chi connectivity index (χ2v) is 3.62. The van der Waals surface area contributed by atoms with Gasteiger partial charge in [0.1, 0.15) is 0 Å². The Morgan fingerprint density at radius 3 is 2.06 bits per heavy atom. The van der Waals surface area contributed by atoms with Gasteiger partial charge in [0, 0.05) is 0 Å². The molecule has 0 spiro atoms. The number of benzene rings is 2. The van der Waals surface area contributed by atoms with E-state index in [-0.39, 0.29) is 0 Å². The molecule has 0 amide bonds. The molecular weight excluding hydrogens is 192 g/mol. The SMILES string of the molecule is C=Cc1ccc(-c2ccccc2C=C)cc1. The summed E-state index contributed by atoms with van der Waals surface area (Å²) in [4.78, 5) is 0. The van der Waals surface area contributed by atoms with E-state index < -0.39 is 0 Å². The second-order valence-electron chi connectivity index (χ2n) is 3.62. The summed E-state index contributed by atoms with van der Waals surface area (Å²) in [7, 11) is 0. The zero-order valence-electron chi connectivity index (χ0n) is 9.19. The predicted octanol–water partition coefficient (Wildman–Crippen LogP) is 4.64. The van der Waals surface area contributed by atoms with Crippen LogP contribution in [0.5, 0.6) is 0 Å². The molecule has 0 heteroatoms. The topological polar surface area (TPSA) is 0 Å². The van der Waals surface area contributed by atoms with Crippen molar-refractivity contribution >= 4 is 12.2 Å². The van der Waals surface area contributed by atoms with Crippen molar-refractivity contribution in [2.75, 3.05) is 0 Å². The van der Waals surface area contributed by atoms with E-state index >= 15 is 0 Å². The quantitative estimate of drug-likeness (QED) is 0.686. The lowest BCUT2D eigenvalue weighted by atomic mass is 9.99. The summed E-state index contributed by atoms with van der Waals surface area (Å²) in [6.07, 6.45) is 3.74. The lowest BCUT2D eigenvalue weighted by Gasteiger charge is -2.06.